The molecule has 1 aliphatic rings. The molecule has 4 heteroatoms. The molecule has 4 nitrogen and oxygen atoms in total. The molecule has 0 bridgehead atoms. The number of nitrogens with two attached hydrogens (primary N) is 4. The molecule has 0 aromatic heterocycles. The summed E-state index contributed by atoms with van der Waals surface area (Å²) < 4.78 is 0. The van der Waals surface area contributed by atoms with Crippen LogP contribution in [0.15, 0.2) is 0 Å². The maximum Gasteiger partial charge on any atom is 0.0809 e. The van der Waals surface area contributed by atoms with E-state index in [0.717, 1.165) is 5.92 Å². The maximum absolute atomic E-state index is 2.52. The van der Waals surface area contributed by atoms with Gasteiger partial charge in [-0.2, -0.15) is 0 Å². The fraction of sp³-hybridized carbons (Fsp3) is 1.00. The quantitative estimate of drug-likeness (QED) is 0.228. The molecule has 0 saturated heterocycles. The van der Waals surface area contributed by atoms with Crippen LogP contribution in [0.1, 0.15) is 39.0 Å². The predicted molar refractivity (Wildman–Crippen MR) is 78.9 cm³/mol. The minimum atomic E-state index is 1.08. The van der Waals surface area contributed by atoms with Crippen LogP contribution in [0.2, 0.25) is 0 Å². The summed E-state index contributed by atoms with van der Waals surface area (Å²) in [7, 11) is 0. The minimum Gasteiger partial charge on any atom is -0.346 e. The van der Waals surface area contributed by atoms with E-state index in [0.29, 0.717) is 0 Å². The Kier molecular flexibility index (Phi) is 11.4. The first-order valence-electron chi connectivity index (χ1n) is 8.70. The van der Waals surface area contributed by atoms with Crippen LogP contribution in [0.25, 0.3) is 0 Å². The molecular formula is C15H38N4+4. The third kappa shape index (κ3) is 12.6. The Hall–Kier alpha value is -0.160. The van der Waals surface area contributed by atoms with Gasteiger partial charge >= 0.3 is 0 Å². The molecule has 8 N–H and O–H groups in total. The third-order valence-electron chi connectivity index (χ3n) is 3.94. The first-order valence-corrected chi connectivity index (χ1v) is 8.70. The Morgan fingerprint density at radius 1 is 0.684 bits per heavy atom. The van der Waals surface area contributed by atoms with Crippen LogP contribution in [-0.4, -0.2) is 52.4 Å². The Labute approximate surface area is 119 Å². The Morgan fingerprint density at radius 2 is 1.16 bits per heavy atom. The lowest BCUT2D eigenvalue weighted by Crippen LogP contribution is -2.90. The largest absolute Gasteiger partial charge is 0.346 e. The first-order chi connectivity index (χ1) is 9.43. The molecular weight excluding hydrogens is 236 g/mol. The molecule has 19 heavy (non-hydrogen) atoms. The molecule has 1 fully saturated rings. The summed E-state index contributed by atoms with van der Waals surface area (Å²) >= 11 is 0. The van der Waals surface area contributed by atoms with E-state index in [9.17, 15) is 0 Å². The molecule has 1 rings (SSSR count). The van der Waals surface area contributed by atoms with Crippen LogP contribution >= 0.6 is 0 Å². The number of quaternary nitrogens is 4. The van der Waals surface area contributed by atoms with Gasteiger partial charge in [0.05, 0.1) is 52.4 Å². The number of hydrogen-bond acceptors (Lipinski definition) is 0. The number of rotatable bonds is 15. The third-order valence-corrected chi connectivity index (χ3v) is 3.94. The van der Waals surface area contributed by atoms with Crippen LogP contribution in [0.3, 0.4) is 0 Å². The van der Waals surface area contributed by atoms with Gasteiger partial charge in [0.2, 0.25) is 0 Å². The van der Waals surface area contributed by atoms with Crippen molar-refractivity contribution in [3.63, 3.8) is 0 Å². The predicted octanol–water partition coefficient (Wildman–Crippen LogP) is -3.16. The van der Waals surface area contributed by atoms with Crippen molar-refractivity contribution < 1.29 is 21.3 Å². The SMILES string of the molecule is CC[NH2+]CCC[NH2+]CCC[NH2+]CCC[NH2+]CC1CC1. The minimum absolute atomic E-state index is 1.08. The van der Waals surface area contributed by atoms with Gasteiger partial charge in [0.15, 0.2) is 0 Å². The van der Waals surface area contributed by atoms with Crippen molar-refractivity contribution in [1.29, 1.82) is 0 Å². The van der Waals surface area contributed by atoms with Gasteiger partial charge < -0.3 is 21.3 Å². The van der Waals surface area contributed by atoms with Crippen LogP contribution in [0.5, 0.6) is 0 Å². The van der Waals surface area contributed by atoms with Crippen LogP contribution in [0, 0.1) is 5.92 Å². The van der Waals surface area contributed by atoms with Crippen molar-refractivity contribution in [2.45, 2.75) is 39.0 Å². The topological polar surface area (TPSA) is 66.4 Å². The van der Waals surface area contributed by atoms with Gasteiger partial charge in [-0.3, -0.25) is 0 Å². The van der Waals surface area contributed by atoms with Crippen molar-refractivity contribution in [2.24, 2.45) is 5.92 Å². The fourth-order valence-corrected chi connectivity index (χ4v) is 2.42. The number of hydrogen-bond donors (Lipinski definition) is 4. The highest BCUT2D eigenvalue weighted by molar-refractivity contribution is 4.70. The van der Waals surface area contributed by atoms with Crippen LogP contribution in [0.4, 0.5) is 0 Å². The molecule has 1 aliphatic carbocycles. The lowest BCUT2D eigenvalue weighted by atomic mass is 10.3. The van der Waals surface area contributed by atoms with Crippen LogP contribution < -0.4 is 21.3 Å². The summed E-state index contributed by atoms with van der Waals surface area (Å²) in [5.74, 6) is 1.08. The normalized spacial score (nSPS) is 15.0. The van der Waals surface area contributed by atoms with Crippen molar-refractivity contribution in [1.82, 2.24) is 0 Å². The molecule has 0 spiro atoms. The van der Waals surface area contributed by atoms with E-state index in [2.05, 4.69) is 28.2 Å². The lowest BCUT2D eigenvalue weighted by Gasteiger charge is -2.02. The summed E-state index contributed by atoms with van der Waals surface area (Å²) in [4.78, 5) is 0. The van der Waals surface area contributed by atoms with Gasteiger partial charge in [0.25, 0.3) is 0 Å². The fourth-order valence-electron chi connectivity index (χ4n) is 2.42. The smallest absolute Gasteiger partial charge is 0.0809 e. The summed E-state index contributed by atoms with van der Waals surface area (Å²) in [5.41, 5.74) is 0. The summed E-state index contributed by atoms with van der Waals surface area (Å²) in [6, 6.07) is 0. The van der Waals surface area contributed by atoms with E-state index in [-0.39, 0.29) is 0 Å². The standard InChI is InChI=1S/C15H34N4/c1-2-16-8-3-9-17-10-4-11-18-12-5-13-19-14-15-6-7-15/h15-19H,2-14H2,1H3/p+4. The molecule has 0 amide bonds. The Bertz CT molecular complexity index is 183. The molecule has 0 aromatic carbocycles. The highest BCUT2D eigenvalue weighted by Gasteiger charge is 2.22. The van der Waals surface area contributed by atoms with Gasteiger partial charge in [-0.1, -0.05) is 0 Å². The van der Waals surface area contributed by atoms with E-state index < -0.39 is 0 Å². The second-order valence-corrected chi connectivity index (χ2v) is 6.03. The molecule has 0 radical (unpaired) electrons. The summed E-state index contributed by atoms with van der Waals surface area (Å²) in [6.45, 7) is 12.8. The van der Waals surface area contributed by atoms with E-state index >= 15 is 0 Å². The average Bonchev–Trinajstić information content (AvgIpc) is 3.23. The van der Waals surface area contributed by atoms with Crippen molar-refractivity contribution in [2.75, 3.05) is 52.4 Å². The van der Waals surface area contributed by atoms with Gasteiger partial charge in [-0.15, -0.1) is 0 Å². The van der Waals surface area contributed by atoms with E-state index in [1.807, 2.05) is 0 Å². The molecule has 1 saturated carbocycles. The highest BCUT2D eigenvalue weighted by atomic mass is 14.9. The molecule has 0 atom stereocenters. The van der Waals surface area contributed by atoms with E-state index in [1.165, 1.54) is 84.5 Å². The van der Waals surface area contributed by atoms with Crippen molar-refractivity contribution in [3.05, 3.63) is 0 Å². The molecule has 114 valence electrons. The van der Waals surface area contributed by atoms with Gasteiger partial charge in [-0.25, -0.2) is 0 Å². The Morgan fingerprint density at radius 3 is 1.63 bits per heavy atom. The second kappa shape index (κ2) is 12.9. The zero-order chi connectivity index (χ0) is 13.6. The monoisotopic (exact) mass is 274 g/mol. The molecule has 0 heterocycles. The molecule has 0 aliphatic heterocycles. The zero-order valence-electron chi connectivity index (χ0n) is 13.1. The Balaban J connectivity index is 1.60. The van der Waals surface area contributed by atoms with E-state index in [1.54, 1.807) is 0 Å². The average molecular weight is 274 g/mol. The van der Waals surface area contributed by atoms with Gasteiger partial charge in [-0.05, 0) is 19.8 Å². The highest BCUT2D eigenvalue weighted by Crippen LogP contribution is 2.26. The maximum atomic E-state index is 2.52. The van der Waals surface area contributed by atoms with Gasteiger partial charge in [0.1, 0.15) is 0 Å². The zero-order valence-corrected chi connectivity index (χ0v) is 13.1. The molecule has 0 unspecified atom stereocenters. The van der Waals surface area contributed by atoms with Crippen molar-refractivity contribution in [3.8, 4) is 0 Å². The lowest BCUT2D eigenvalue weighted by molar-refractivity contribution is -0.695. The van der Waals surface area contributed by atoms with Crippen molar-refractivity contribution >= 4 is 0 Å². The van der Waals surface area contributed by atoms with Gasteiger partial charge in [0, 0.05) is 25.2 Å². The second-order valence-electron chi connectivity index (χ2n) is 6.03. The van der Waals surface area contributed by atoms with E-state index in [4.69, 9.17) is 0 Å². The summed E-state index contributed by atoms with van der Waals surface area (Å²) in [5, 5.41) is 9.90. The van der Waals surface area contributed by atoms with Crippen LogP contribution in [-0.2, 0) is 0 Å². The first kappa shape index (κ1) is 16.9. The molecule has 0 aromatic rings. The summed E-state index contributed by atoms with van der Waals surface area (Å²) in [6.07, 6.45) is 7.09.